The Labute approximate surface area is 185 Å². The zero-order valence-corrected chi connectivity index (χ0v) is 18.4. The number of ether oxygens (including phenoxy) is 2. The molecule has 1 saturated heterocycles. The third-order valence-electron chi connectivity index (χ3n) is 5.65. The van der Waals surface area contributed by atoms with E-state index in [2.05, 4.69) is 10.1 Å². The van der Waals surface area contributed by atoms with Gasteiger partial charge in [-0.2, -0.15) is 4.98 Å². The van der Waals surface area contributed by atoms with Gasteiger partial charge < -0.3 is 18.9 Å². The molecule has 32 heavy (non-hydrogen) atoms. The van der Waals surface area contributed by atoms with Crippen LogP contribution in [-0.4, -0.2) is 58.7 Å². The monoisotopic (exact) mass is 442 g/mol. The number of benzene rings is 1. The lowest BCUT2D eigenvalue weighted by molar-refractivity contribution is -0.159. The number of aromatic nitrogens is 2. The predicted molar refractivity (Wildman–Crippen MR) is 111 cm³/mol. The summed E-state index contributed by atoms with van der Waals surface area (Å²) in [7, 11) is 1.51. The van der Waals surface area contributed by atoms with Crippen LogP contribution in [0.5, 0.6) is 0 Å². The first kappa shape index (κ1) is 21.9. The molecule has 1 aromatic heterocycles. The quantitative estimate of drug-likeness (QED) is 0.570. The first-order chi connectivity index (χ1) is 15.4. The van der Waals surface area contributed by atoms with E-state index in [0.717, 1.165) is 0 Å². The number of hydrogen-bond donors (Lipinski definition) is 0. The van der Waals surface area contributed by atoms with Crippen molar-refractivity contribution in [1.82, 2.24) is 15.0 Å². The molecule has 1 aromatic carbocycles. The van der Waals surface area contributed by atoms with Gasteiger partial charge >= 0.3 is 5.97 Å². The number of anilines is 1. The Hall–Kier alpha value is -3.27. The van der Waals surface area contributed by atoms with Gasteiger partial charge in [-0.05, 0) is 18.1 Å². The minimum absolute atomic E-state index is 0.110. The maximum Gasteiger partial charge on any atom is 0.354 e. The Morgan fingerprint density at radius 2 is 2.06 bits per heavy atom. The van der Waals surface area contributed by atoms with Crippen molar-refractivity contribution in [3.8, 4) is 0 Å². The molecule has 170 valence electrons. The summed E-state index contributed by atoms with van der Waals surface area (Å²) >= 11 is 0. The van der Waals surface area contributed by atoms with Crippen molar-refractivity contribution in [3.05, 3.63) is 41.5 Å². The molecule has 3 heterocycles. The van der Waals surface area contributed by atoms with Gasteiger partial charge in [-0.3, -0.25) is 14.5 Å². The van der Waals surface area contributed by atoms with Gasteiger partial charge in [0.05, 0.1) is 17.9 Å². The molecule has 0 N–H and O–H groups in total. The highest BCUT2D eigenvalue weighted by Crippen LogP contribution is 2.45. The molecule has 0 radical (unpaired) electrons. The number of rotatable bonds is 8. The highest BCUT2D eigenvalue weighted by molar-refractivity contribution is 6.15. The highest BCUT2D eigenvalue weighted by atomic mass is 16.6. The molecule has 2 aromatic rings. The molecule has 1 atom stereocenters. The number of hydrogen-bond acceptors (Lipinski definition) is 8. The third kappa shape index (κ3) is 3.64. The molecule has 2 aliphatic heterocycles. The van der Waals surface area contributed by atoms with E-state index in [9.17, 15) is 14.4 Å². The van der Waals surface area contributed by atoms with Gasteiger partial charge in [-0.1, -0.05) is 31.1 Å². The van der Waals surface area contributed by atoms with E-state index in [1.807, 2.05) is 13.8 Å². The van der Waals surface area contributed by atoms with Crippen molar-refractivity contribution in [1.29, 1.82) is 0 Å². The molecule has 0 saturated carbocycles. The molecule has 0 aliphatic carbocycles. The van der Waals surface area contributed by atoms with Crippen molar-refractivity contribution >= 4 is 23.5 Å². The standard InChI is InChI=1S/C22H26N4O6/c1-14(2)12-17-23-18(32-24-17)13-31-21(29)22-9-8-19(27)26(22)16-7-5-4-6-15(16)20(28)25(22)10-11-30-3/h4-7,14H,8-13H2,1-3H3. The number of carbonyl (C=O) groups is 3. The number of esters is 1. The lowest BCUT2D eigenvalue weighted by Gasteiger charge is -2.48. The Kier molecular flexibility index (Phi) is 5.96. The molecule has 2 aliphatic rings. The summed E-state index contributed by atoms with van der Waals surface area (Å²) in [5.74, 6) is -0.273. The van der Waals surface area contributed by atoms with Crippen LogP contribution in [0.1, 0.15) is 48.8 Å². The van der Waals surface area contributed by atoms with Gasteiger partial charge in [-0.25, -0.2) is 4.79 Å². The number of nitrogens with zero attached hydrogens (tertiary/aromatic N) is 4. The predicted octanol–water partition coefficient (Wildman–Crippen LogP) is 1.94. The Morgan fingerprint density at radius 3 is 2.81 bits per heavy atom. The van der Waals surface area contributed by atoms with E-state index in [1.165, 1.54) is 16.9 Å². The first-order valence-electron chi connectivity index (χ1n) is 10.6. The van der Waals surface area contributed by atoms with Crippen molar-refractivity contribution in [3.63, 3.8) is 0 Å². The fourth-order valence-corrected chi connectivity index (χ4v) is 4.28. The number of methoxy groups -OCH3 is 1. The normalized spacial score (nSPS) is 20.0. The number of carbonyl (C=O) groups excluding carboxylic acids is 3. The number of amides is 2. The zero-order valence-electron chi connectivity index (χ0n) is 18.4. The van der Waals surface area contributed by atoms with E-state index in [-0.39, 0.29) is 50.3 Å². The molecule has 1 fully saturated rings. The van der Waals surface area contributed by atoms with Crippen molar-refractivity contribution < 1.29 is 28.4 Å². The molecule has 4 rings (SSSR count). The topological polar surface area (TPSA) is 115 Å². The van der Waals surface area contributed by atoms with Crippen LogP contribution in [0.4, 0.5) is 5.69 Å². The molecular formula is C22H26N4O6. The Morgan fingerprint density at radius 1 is 1.28 bits per heavy atom. The van der Waals surface area contributed by atoms with Crippen molar-refractivity contribution in [2.45, 2.75) is 45.4 Å². The minimum atomic E-state index is -1.58. The van der Waals surface area contributed by atoms with Crippen LogP contribution >= 0.6 is 0 Å². The zero-order chi connectivity index (χ0) is 22.9. The maximum absolute atomic E-state index is 13.5. The molecule has 10 heteroatoms. The summed E-state index contributed by atoms with van der Waals surface area (Å²) < 4.78 is 15.9. The van der Waals surface area contributed by atoms with E-state index in [1.54, 1.807) is 24.3 Å². The Balaban J connectivity index is 1.65. The van der Waals surface area contributed by atoms with Crippen LogP contribution in [0.15, 0.2) is 28.8 Å². The van der Waals surface area contributed by atoms with Gasteiger partial charge in [-0.15, -0.1) is 0 Å². The summed E-state index contributed by atoms with van der Waals surface area (Å²) in [6, 6.07) is 6.77. The first-order valence-corrected chi connectivity index (χ1v) is 10.6. The van der Waals surface area contributed by atoms with Crippen LogP contribution in [0.3, 0.4) is 0 Å². The second-order valence-electron chi connectivity index (χ2n) is 8.29. The van der Waals surface area contributed by atoms with E-state index in [4.69, 9.17) is 14.0 Å². The fraction of sp³-hybridized carbons (Fsp3) is 0.500. The smallest absolute Gasteiger partial charge is 0.354 e. The summed E-state index contributed by atoms with van der Waals surface area (Å²) in [5.41, 5.74) is -0.818. The van der Waals surface area contributed by atoms with Gasteiger partial charge in [0.1, 0.15) is 0 Å². The Bertz CT molecular complexity index is 1030. The fourth-order valence-electron chi connectivity index (χ4n) is 4.28. The molecule has 0 spiro atoms. The second kappa shape index (κ2) is 8.70. The van der Waals surface area contributed by atoms with E-state index < -0.39 is 11.6 Å². The van der Waals surface area contributed by atoms with Gasteiger partial charge in [0, 0.05) is 32.9 Å². The minimum Gasteiger partial charge on any atom is -0.452 e. The highest BCUT2D eigenvalue weighted by Gasteiger charge is 2.61. The molecule has 0 bridgehead atoms. The molecule has 1 unspecified atom stereocenters. The molecule has 10 nitrogen and oxygen atoms in total. The third-order valence-corrected chi connectivity index (χ3v) is 5.65. The number of para-hydroxylation sites is 1. The van der Waals surface area contributed by atoms with Crippen LogP contribution < -0.4 is 4.90 Å². The molecular weight excluding hydrogens is 416 g/mol. The van der Waals surface area contributed by atoms with Crippen LogP contribution in [0.2, 0.25) is 0 Å². The van der Waals surface area contributed by atoms with Gasteiger partial charge in [0.15, 0.2) is 12.4 Å². The van der Waals surface area contributed by atoms with Gasteiger partial charge in [0.25, 0.3) is 11.8 Å². The molecule has 2 amide bonds. The van der Waals surface area contributed by atoms with E-state index in [0.29, 0.717) is 29.4 Å². The van der Waals surface area contributed by atoms with Gasteiger partial charge in [0.2, 0.25) is 11.6 Å². The maximum atomic E-state index is 13.5. The summed E-state index contributed by atoms with van der Waals surface area (Å²) in [5, 5.41) is 3.90. The summed E-state index contributed by atoms with van der Waals surface area (Å²) in [6.45, 7) is 4.15. The lowest BCUT2D eigenvalue weighted by Crippen LogP contribution is -2.68. The second-order valence-corrected chi connectivity index (χ2v) is 8.29. The average molecular weight is 442 g/mol. The average Bonchev–Trinajstić information content (AvgIpc) is 3.36. The van der Waals surface area contributed by atoms with Crippen molar-refractivity contribution in [2.24, 2.45) is 5.92 Å². The largest absolute Gasteiger partial charge is 0.452 e. The van der Waals surface area contributed by atoms with Crippen LogP contribution in [0, 0.1) is 5.92 Å². The summed E-state index contributed by atoms with van der Waals surface area (Å²) in [6.07, 6.45) is 0.871. The van der Waals surface area contributed by atoms with Crippen molar-refractivity contribution in [2.75, 3.05) is 25.2 Å². The van der Waals surface area contributed by atoms with Crippen LogP contribution in [0.25, 0.3) is 0 Å². The lowest BCUT2D eigenvalue weighted by atomic mass is 9.96. The SMILES string of the molecule is COCCN1C(=O)c2ccccc2N2C(=O)CCC12C(=O)OCc1nc(CC(C)C)no1. The number of fused-ring (bicyclic) bond motifs is 3. The van der Waals surface area contributed by atoms with E-state index >= 15 is 0 Å². The summed E-state index contributed by atoms with van der Waals surface area (Å²) in [4.78, 5) is 46.8. The van der Waals surface area contributed by atoms with Crippen LogP contribution in [-0.2, 0) is 32.1 Å².